The number of imide groups is 1. The molecule has 5 rings (SSSR count). The predicted octanol–water partition coefficient (Wildman–Crippen LogP) is 2.46. The molecular formula is C23H20N4O4S. The Kier molecular flexibility index (Phi) is 4.78. The zero-order valence-corrected chi connectivity index (χ0v) is 18.0. The molecule has 0 radical (unpaired) electrons. The highest BCUT2D eigenvalue weighted by Crippen LogP contribution is 2.50. The standard InChI is InChI=1S/C23H20N4O4S/c1-14-23(21(29)27(25-14)16-10-6-3-7-11-16)17(15-8-4-2-5-9-15)18(24-20(23)32)19(28)26-12-13-31-22(26)30/h2-11,17-18H,12-13H2,1H3,(H,24,32)/t17-,18-,23-/m0/s1. The first-order chi connectivity index (χ1) is 15.5. The minimum Gasteiger partial charge on any atom is -0.447 e. The molecule has 3 aliphatic heterocycles. The number of nitrogens with zero attached hydrogens (tertiary/aromatic N) is 3. The topological polar surface area (TPSA) is 91.3 Å². The van der Waals surface area contributed by atoms with Crippen LogP contribution in [0.4, 0.5) is 10.5 Å². The third-order valence-electron chi connectivity index (χ3n) is 6.25. The van der Waals surface area contributed by atoms with E-state index in [0.717, 1.165) is 10.5 Å². The highest BCUT2D eigenvalue weighted by molar-refractivity contribution is 7.80. The second-order valence-corrected chi connectivity index (χ2v) is 8.30. The number of hydrazone groups is 1. The molecule has 0 saturated carbocycles. The van der Waals surface area contributed by atoms with E-state index in [9.17, 15) is 14.4 Å². The molecule has 32 heavy (non-hydrogen) atoms. The van der Waals surface area contributed by atoms with Gasteiger partial charge in [0.25, 0.3) is 11.8 Å². The quantitative estimate of drug-likeness (QED) is 0.726. The summed E-state index contributed by atoms with van der Waals surface area (Å²) in [4.78, 5) is 40.8. The van der Waals surface area contributed by atoms with Crippen molar-refractivity contribution >= 4 is 46.5 Å². The second kappa shape index (κ2) is 7.52. The summed E-state index contributed by atoms with van der Waals surface area (Å²) >= 11 is 5.70. The molecule has 0 aliphatic carbocycles. The van der Waals surface area contributed by atoms with E-state index in [4.69, 9.17) is 17.0 Å². The highest BCUT2D eigenvalue weighted by atomic mass is 32.1. The van der Waals surface area contributed by atoms with Gasteiger partial charge in [-0.1, -0.05) is 60.7 Å². The molecule has 3 atom stereocenters. The molecule has 8 nitrogen and oxygen atoms in total. The molecule has 2 fully saturated rings. The minimum atomic E-state index is -1.34. The van der Waals surface area contributed by atoms with Crippen molar-refractivity contribution in [2.75, 3.05) is 18.2 Å². The molecule has 3 aliphatic rings. The largest absolute Gasteiger partial charge is 0.447 e. The third-order valence-corrected chi connectivity index (χ3v) is 6.69. The molecule has 0 bridgehead atoms. The lowest BCUT2D eigenvalue weighted by molar-refractivity contribution is -0.130. The van der Waals surface area contributed by atoms with E-state index < -0.39 is 29.4 Å². The number of carbonyl (C=O) groups excluding carboxylic acids is 3. The molecule has 9 heteroatoms. The number of thiocarbonyl (C=S) groups is 1. The van der Waals surface area contributed by atoms with Crippen LogP contribution in [-0.4, -0.2) is 52.7 Å². The van der Waals surface area contributed by atoms with E-state index in [1.165, 1.54) is 5.01 Å². The van der Waals surface area contributed by atoms with Crippen LogP contribution < -0.4 is 10.3 Å². The fraction of sp³-hybridized carbons (Fsp3) is 0.261. The Labute approximate surface area is 189 Å². The number of ether oxygens (including phenoxy) is 1. The van der Waals surface area contributed by atoms with E-state index in [-0.39, 0.29) is 24.0 Å². The van der Waals surface area contributed by atoms with E-state index in [2.05, 4.69) is 10.4 Å². The Balaban J connectivity index is 1.63. The Hall–Kier alpha value is -3.59. The number of rotatable bonds is 3. The van der Waals surface area contributed by atoms with Crippen LogP contribution in [0.3, 0.4) is 0 Å². The SMILES string of the molecule is CC1=NN(c2ccccc2)C(=O)[C@@]12C(=S)N[C@H](C(=O)N1CCOC1=O)[C@@H]2c1ccccc1. The van der Waals surface area contributed by atoms with Gasteiger partial charge in [-0.15, -0.1) is 0 Å². The summed E-state index contributed by atoms with van der Waals surface area (Å²) in [7, 11) is 0. The number of amides is 3. The van der Waals surface area contributed by atoms with Gasteiger partial charge in [-0.25, -0.2) is 9.69 Å². The molecule has 0 unspecified atom stereocenters. The Morgan fingerprint density at radius 2 is 1.78 bits per heavy atom. The lowest BCUT2D eigenvalue weighted by Gasteiger charge is -2.31. The second-order valence-electron chi connectivity index (χ2n) is 7.89. The van der Waals surface area contributed by atoms with Gasteiger partial charge in [-0.2, -0.15) is 10.1 Å². The van der Waals surface area contributed by atoms with Gasteiger partial charge in [-0.05, 0) is 24.6 Å². The normalized spacial score (nSPS) is 27.0. The predicted molar refractivity (Wildman–Crippen MR) is 121 cm³/mol. The van der Waals surface area contributed by atoms with Crippen LogP contribution in [-0.2, 0) is 14.3 Å². The lowest BCUT2D eigenvalue weighted by atomic mass is 9.68. The average Bonchev–Trinajstić information content (AvgIpc) is 3.46. The minimum absolute atomic E-state index is 0.143. The average molecular weight is 449 g/mol. The maximum absolute atomic E-state index is 14.0. The van der Waals surface area contributed by atoms with E-state index >= 15 is 0 Å². The zero-order valence-electron chi connectivity index (χ0n) is 17.2. The van der Waals surface area contributed by atoms with Crippen molar-refractivity contribution in [3.8, 4) is 0 Å². The number of carbonyl (C=O) groups is 3. The molecule has 3 heterocycles. The number of hydrogen-bond donors (Lipinski definition) is 1. The maximum atomic E-state index is 14.0. The lowest BCUT2D eigenvalue weighted by Crippen LogP contribution is -2.49. The van der Waals surface area contributed by atoms with Crippen molar-refractivity contribution in [1.29, 1.82) is 0 Å². The van der Waals surface area contributed by atoms with Gasteiger partial charge in [0.1, 0.15) is 12.6 Å². The molecule has 2 aromatic rings. The van der Waals surface area contributed by atoms with Crippen LogP contribution in [0.25, 0.3) is 0 Å². The number of para-hydroxylation sites is 1. The Bertz CT molecular complexity index is 1150. The number of cyclic esters (lactones) is 1. The molecule has 2 saturated heterocycles. The first-order valence-corrected chi connectivity index (χ1v) is 10.7. The first-order valence-electron chi connectivity index (χ1n) is 10.3. The number of anilines is 1. The van der Waals surface area contributed by atoms with E-state index in [1.54, 1.807) is 19.1 Å². The van der Waals surface area contributed by atoms with Crippen molar-refractivity contribution < 1.29 is 19.1 Å². The van der Waals surface area contributed by atoms with Gasteiger partial charge in [0.15, 0.2) is 5.41 Å². The summed E-state index contributed by atoms with van der Waals surface area (Å²) in [6, 6.07) is 17.4. The van der Waals surface area contributed by atoms with Crippen LogP contribution >= 0.6 is 12.2 Å². The van der Waals surface area contributed by atoms with Gasteiger partial charge in [0, 0.05) is 5.92 Å². The van der Waals surface area contributed by atoms with Crippen LogP contribution in [0.2, 0.25) is 0 Å². The molecule has 1 N–H and O–H groups in total. The highest BCUT2D eigenvalue weighted by Gasteiger charge is 2.66. The number of hydrogen-bond acceptors (Lipinski definition) is 6. The summed E-state index contributed by atoms with van der Waals surface area (Å²) in [5.41, 5.74) is 0.526. The molecule has 1 spiro atoms. The van der Waals surface area contributed by atoms with Crippen molar-refractivity contribution in [2.45, 2.75) is 18.9 Å². The van der Waals surface area contributed by atoms with Crippen molar-refractivity contribution in [3.05, 3.63) is 66.2 Å². The van der Waals surface area contributed by atoms with Crippen LogP contribution in [0, 0.1) is 5.41 Å². The molecular weight excluding hydrogens is 428 g/mol. The van der Waals surface area contributed by atoms with Crippen LogP contribution in [0.5, 0.6) is 0 Å². The van der Waals surface area contributed by atoms with Gasteiger partial charge in [-0.3, -0.25) is 9.59 Å². The molecule has 3 amide bonds. The molecule has 0 aromatic heterocycles. The number of nitrogens with one attached hydrogen (secondary N) is 1. The fourth-order valence-corrected chi connectivity index (χ4v) is 5.25. The van der Waals surface area contributed by atoms with Gasteiger partial charge < -0.3 is 10.1 Å². The van der Waals surface area contributed by atoms with Crippen LogP contribution in [0.1, 0.15) is 18.4 Å². The Morgan fingerprint density at radius 3 is 2.41 bits per heavy atom. The van der Waals surface area contributed by atoms with Gasteiger partial charge in [0.2, 0.25) is 0 Å². The maximum Gasteiger partial charge on any atom is 0.416 e. The Morgan fingerprint density at radius 1 is 1.12 bits per heavy atom. The van der Waals surface area contributed by atoms with Crippen LogP contribution in [0.15, 0.2) is 65.8 Å². The summed E-state index contributed by atoms with van der Waals surface area (Å²) in [6.07, 6.45) is -0.690. The summed E-state index contributed by atoms with van der Waals surface area (Å²) in [6.45, 7) is 2.06. The number of benzene rings is 2. The third kappa shape index (κ3) is 2.77. The van der Waals surface area contributed by atoms with Crippen molar-refractivity contribution in [1.82, 2.24) is 10.2 Å². The van der Waals surface area contributed by atoms with Crippen molar-refractivity contribution in [2.24, 2.45) is 10.5 Å². The first kappa shape index (κ1) is 20.3. The van der Waals surface area contributed by atoms with Gasteiger partial charge in [0.05, 0.1) is 22.9 Å². The van der Waals surface area contributed by atoms with Crippen molar-refractivity contribution in [3.63, 3.8) is 0 Å². The molecule has 2 aromatic carbocycles. The summed E-state index contributed by atoms with van der Waals surface area (Å²) in [5, 5.41) is 8.98. The van der Waals surface area contributed by atoms with Gasteiger partial charge >= 0.3 is 6.09 Å². The van der Waals surface area contributed by atoms with E-state index in [1.807, 2.05) is 48.5 Å². The smallest absolute Gasteiger partial charge is 0.416 e. The summed E-state index contributed by atoms with van der Waals surface area (Å²) < 4.78 is 4.95. The van der Waals surface area contributed by atoms with E-state index in [0.29, 0.717) is 11.4 Å². The zero-order chi connectivity index (χ0) is 22.5. The summed E-state index contributed by atoms with van der Waals surface area (Å²) in [5.74, 6) is -1.48. The monoisotopic (exact) mass is 448 g/mol. The fourth-order valence-electron chi connectivity index (χ4n) is 4.76. The molecule has 162 valence electrons.